The second kappa shape index (κ2) is 6.02. The molecule has 3 rings (SSSR count). The molecule has 1 aliphatic heterocycles. The molecule has 0 N–H and O–H groups in total. The van der Waals surface area contributed by atoms with Crippen molar-refractivity contribution < 1.29 is 9.59 Å². The van der Waals surface area contributed by atoms with Crippen LogP contribution in [-0.2, 0) is 4.79 Å². The molecule has 0 atom stereocenters. The minimum Gasteiger partial charge on any atom is -0.341 e. The van der Waals surface area contributed by atoms with Crippen LogP contribution in [0, 0.1) is 5.92 Å². The van der Waals surface area contributed by atoms with Gasteiger partial charge in [0.05, 0.1) is 0 Å². The first-order chi connectivity index (χ1) is 10.1. The third-order valence-corrected chi connectivity index (χ3v) is 4.20. The zero-order chi connectivity index (χ0) is 14.8. The summed E-state index contributed by atoms with van der Waals surface area (Å²) in [6.07, 6.45) is 4.38. The van der Waals surface area contributed by atoms with Crippen molar-refractivity contribution in [2.24, 2.45) is 5.92 Å². The van der Waals surface area contributed by atoms with Gasteiger partial charge in [0.15, 0.2) is 0 Å². The van der Waals surface area contributed by atoms with Crippen molar-refractivity contribution in [3.05, 3.63) is 29.0 Å². The Balaban J connectivity index is 1.64. The van der Waals surface area contributed by atoms with E-state index in [2.05, 4.69) is 4.98 Å². The summed E-state index contributed by atoms with van der Waals surface area (Å²) in [6.45, 7) is 2.57. The highest BCUT2D eigenvalue weighted by Crippen LogP contribution is 2.31. The van der Waals surface area contributed by atoms with Gasteiger partial charge in [-0.15, -0.1) is 0 Å². The van der Waals surface area contributed by atoms with Crippen molar-refractivity contribution in [2.75, 3.05) is 26.2 Å². The largest absolute Gasteiger partial charge is 0.341 e. The van der Waals surface area contributed by atoms with E-state index in [1.165, 1.54) is 6.20 Å². The van der Waals surface area contributed by atoms with Gasteiger partial charge < -0.3 is 9.80 Å². The number of pyridine rings is 1. The molecule has 1 saturated carbocycles. The summed E-state index contributed by atoms with van der Waals surface area (Å²) >= 11 is 5.90. The van der Waals surface area contributed by atoms with Gasteiger partial charge in [-0.25, -0.2) is 0 Å². The van der Waals surface area contributed by atoms with E-state index in [-0.39, 0.29) is 17.7 Å². The molecule has 0 aromatic carbocycles. The fourth-order valence-corrected chi connectivity index (χ4v) is 2.77. The van der Waals surface area contributed by atoms with Crippen LogP contribution in [0.25, 0.3) is 0 Å². The first-order valence-corrected chi connectivity index (χ1v) is 7.72. The molecule has 0 spiro atoms. The third-order valence-electron chi connectivity index (χ3n) is 3.96. The normalized spacial score (nSPS) is 19.3. The molecular weight excluding hydrogens is 290 g/mol. The Morgan fingerprint density at radius 3 is 2.57 bits per heavy atom. The molecule has 6 heteroatoms. The number of nitrogens with zero attached hydrogens (tertiary/aromatic N) is 3. The van der Waals surface area contributed by atoms with Gasteiger partial charge in [-0.2, -0.15) is 0 Å². The van der Waals surface area contributed by atoms with Gasteiger partial charge in [0.2, 0.25) is 5.91 Å². The molecule has 0 unspecified atom stereocenters. The van der Waals surface area contributed by atoms with Crippen molar-refractivity contribution in [2.45, 2.75) is 19.3 Å². The summed E-state index contributed by atoms with van der Waals surface area (Å²) in [4.78, 5) is 32.3. The van der Waals surface area contributed by atoms with Gasteiger partial charge in [-0.05, 0) is 31.4 Å². The topological polar surface area (TPSA) is 53.5 Å². The second-order valence-electron chi connectivity index (χ2n) is 5.60. The lowest BCUT2D eigenvalue weighted by Crippen LogP contribution is -2.38. The summed E-state index contributed by atoms with van der Waals surface area (Å²) in [5.74, 6) is 0.380. The molecule has 2 aliphatic rings. The van der Waals surface area contributed by atoms with Crippen LogP contribution in [0.4, 0.5) is 0 Å². The SMILES string of the molecule is O=C(c1cc(Cl)ccn1)N1CCCN(C(=O)C2CC2)CC1. The van der Waals surface area contributed by atoms with Crippen LogP contribution in [-0.4, -0.2) is 52.8 Å². The van der Waals surface area contributed by atoms with E-state index in [1.54, 1.807) is 17.0 Å². The summed E-state index contributed by atoms with van der Waals surface area (Å²) in [7, 11) is 0. The number of carbonyl (C=O) groups excluding carboxylic acids is 2. The van der Waals surface area contributed by atoms with Crippen LogP contribution in [0.3, 0.4) is 0 Å². The van der Waals surface area contributed by atoms with E-state index in [0.717, 1.165) is 25.8 Å². The standard InChI is InChI=1S/C15H18ClN3O2/c16-12-4-5-17-13(10-12)15(21)19-7-1-6-18(8-9-19)14(20)11-2-3-11/h4-5,10-11H,1-3,6-9H2. The Morgan fingerprint density at radius 1 is 1.14 bits per heavy atom. The molecular formula is C15H18ClN3O2. The van der Waals surface area contributed by atoms with E-state index < -0.39 is 0 Å². The molecule has 0 bridgehead atoms. The summed E-state index contributed by atoms with van der Waals surface area (Å²) in [5, 5.41) is 0.508. The third kappa shape index (κ3) is 3.35. The molecule has 1 aromatic rings. The number of rotatable bonds is 2. The molecule has 1 saturated heterocycles. The number of hydrogen-bond donors (Lipinski definition) is 0. The van der Waals surface area contributed by atoms with Crippen LogP contribution < -0.4 is 0 Å². The predicted molar refractivity (Wildman–Crippen MR) is 79.1 cm³/mol. The molecule has 1 aliphatic carbocycles. The predicted octanol–water partition coefficient (Wildman–Crippen LogP) is 1.82. The lowest BCUT2D eigenvalue weighted by atomic mass is 10.3. The van der Waals surface area contributed by atoms with Crippen molar-refractivity contribution in [1.82, 2.24) is 14.8 Å². The lowest BCUT2D eigenvalue weighted by molar-refractivity contribution is -0.132. The Morgan fingerprint density at radius 2 is 1.86 bits per heavy atom. The van der Waals surface area contributed by atoms with E-state index in [9.17, 15) is 9.59 Å². The molecule has 112 valence electrons. The summed E-state index contributed by atoms with van der Waals surface area (Å²) < 4.78 is 0. The van der Waals surface area contributed by atoms with Gasteiger partial charge in [0.25, 0.3) is 5.91 Å². The highest BCUT2D eigenvalue weighted by molar-refractivity contribution is 6.30. The van der Waals surface area contributed by atoms with Crippen LogP contribution in [0.1, 0.15) is 29.8 Å². The Labute approximate surface area is 128 Å². The summed E-state index contributed by atoms with van der Waals surface area (Å²) in [6, 6.07) is 3.23. The number of hydrogen-bond acceptors (Lipinski definition) is 3. The van der Waals surface area contributed by atoms with Gasteiger partial charge in [0.1, 0.15) is 5.69 Å². The maximum Gasteiger partial charge on any atom is 0.272 e. The number of amides is 2. The minimum atomic E-state index is -0.113. The summed E-state index contributed by atoms with van der Waals surface area (Å²) in [5.41, 5.74) is 0.365. The first-order valence-electron chi connectivity index (χ1n) is 7.35. The molecule has 1 aromatic heterocycles. The fraction of sp³-hybridized carbons (Fsp3) is 0.533. The quantitative estimate of drug-likeness (QED) is 0.837. The molecule has 5 nitrogen and oxygen atoms in total. The van der Waals surface area contributed by atoms with Crippen molar-refractivity contribution in [1.29, 1.82) is 0 Å². The number of aromatic nitrogens is 1. The van der Waals surface area contributed by atoms with E-state index in [0.29, 0.717) is 30.4 Å². The average molecular weight is 308 g/mol. The second-order valence-corrected chi connectivity index (χ2v) is 6.04. The molecule has 2 heterocycles. The zero-order valence-electron chi connectivity index (χ0n) is 11.8. The van der Waals surface area contributed by atoms with Crippen LogP contribution in [0.2, 0.25) is 5.02 Å². The minimum absolute atomic E-state index is 0.113. The molecule has 0 radical (unpaired) electrons. The van der Waals surface area contributed by atoms with Crippen molar-refractivity contribution in [3.8, 4) is 0 Å². The molecule has 2 amide bonds. The van der Waals surface area contributed by atoms with Crippen molar-refractivity contribution in [3.63, 3.8) is 0 Å². The highest BCUT2D eigenvalue weighted by Gasteiger charge is 2.34. The Bertz CT molecular complexity index is 560. The monoisotopic (exact) mass is 307 g/mol. The van der Waals surface area contributed by atoms with E-state index in [4.69, 9.17) is 11.6 Å². The van der Waals surface area contributed by atoms with Crippen LogP contribution in [0.15, 0.2) is 18.3 Å². The Kier molecular flexibility index (Phi) is 4.10. The number of carbonyl (C=O) groups is 2. The van der Waals surface area contributed by atoms with E-state index in [1.807, 2.05) is 4.90 Å². The first kappa shape index (κ1) is 14.3. The van der Waals surface area contributed by atoms with Crippen LogP contribution in [0.5, 0.6) is 0 Å². The number of halogens is 1. The maximum absolute atomic E-state index is 12.4. The highest BCUT2D eigenvalue weighted by atomic mass is 35.5. The van der Waals surface area contributed by atoms with Gasteiger partial charge in [0, 0.05) is 43.3 Å². The van der Waals surface area contributed by atoms with Crippen molar-refractivity contribution >= 4 is 23.4 Å². The van der Waals surface area contributed by atoms with Gasteiger partial charge >= 0.3 is 0 Å². The average Bonchev–Trinajstić information content (AvgIpc) is 3.32. The van der Waals surface area contributed by atoms with Gasteiger partial charge in [-0.3, -0.25) is 14.6 Å². The van der Waals surface area contributed by atoms with Crippen LogP contribution >= 0.6 is 11.6 Å². The maximum atomic E-state index is 12.4. The van der Waals surface area contributed by atoms with E-state index >= 15 is 0 Å². The smallest absolute Gasteiger partial charge is 0.272 e. The molecule has 21 heavy (non-hydrogen) atoms. The zero-order valence-corrected chi connectivity index (χ0v) is 12.6. The molecule has 2 fully saturated rings. The lowest BCUT2D eigenvalue weighted by Gasteiger charge is -2.22. The van der Waals surface area contributed by atoms with Gasteiger partial charge in [-0.1, -0.05) is 11.6 Å². The Hall–Kier alpha value is -1.62. The fourth-order valence-electron chi connectivity index (χ4n) is 2.61.